The van der Waals surface area contributed by atoms with Crippen LogP contribution in [0.1, 0.15) is 41.5 Å². The molecule has 0 spiro atoms. The second-order valence-corrected chi connectivity index (χ2v) is 6.76. The molecular formula is C12H28NO3P. The second kappa shape index (κ2) is 8.25. The molecule has 0 fully saturated rings. The molecule has 0 unspecified atom stereocenters. The van der Waals surface area contributed by atoms with Gasteiger partial charge in [0.15, 0.2) is 0 Å². The van der Waals surface area contributed by atoms with E-state index in [4.69, 9.17) is 9.05 Å². The van der Waals surface area contributed by atoms with E-state index in [1.807, 2.05) is 27.7 Å². The van der Waals surface area contributed by atoms with Crippen LogP contribution in [0.15, 0.2) is 0 Å². The normalized spacial score (nSPS) is 13.0. The first-order chi connectivity index (χ1) is 7.83. The fourth-order valence-corrected chi connectivity index (χ4v) is 3.65. The van der Waals surface area contributed by atoms with Gasteiger partial charge in [0.1, 0.15) is 0 Å². The van der Waals surface area contributed by atoms with Crippen molar-refractivity contribution in [2.45, 2.75) is 53.8 Å². The zero-order valence-corrected chi connectivity index (χ0v) is 13.0. The maximum Gasteiger partial charge on any atom is 0.332 e. The van der Waals surface area contributed by atoms with Crippen molar-refractivity contribution in [3.63, 3.8) is 0 Å². The largest absolute Gasteiger partial charge is 0.332 e. The molecule has 0 aromatic carbocycles. The van der Waals surface area contributed by atoms with Gasteiger partial charge >= 0.3 is 7.60 Å². The van der Waals surface area contributed by atoms with E-state index < -0.39 is 7.60 Å². The molecule has 104 valence electrons. The Balaban J connectivity index is 4.42. The van der Waals surface area contributed by atoms with Gasteiger partial charge in [0, 0.05) is 6.54 Å². The molecule has 4 nitrogen and oxygen atoms in total. The number of hydrogen-bond donors (Lipinski definition) is 0. The fourth-order valence-electron chi connectivity index (χ4n) is 1.58. The van der Waals surface area contributed by atoms with E-state index in [1.54, 1.807) is 0 Å². The maximum atomic E-state index is 12.5. The third-order valence-electron chi connectivity index (χ3n) is 2.33. The summed E-state index contributed by atoms with van der Waals surface area (Å²) >= 11 is 0. The molecule has 0 amide bonds. The Hall–Kier alpha value is 0.110. The van der Waals surface area contributed by atoms with Gasteiger partial charge in [-0.2, -0.15) is 0 Å². The van der Waals surface area contributed by atoms with Crippen LogP contribution in [0.5, 0.6) is 0 Å². The van der Waals surface area contributed by atoms with E-state index in [0.29, 0.717) is 6.16 Å². The zero-order chi connectivity index (χ0) is 13.5. The predicted octanol–water partition coefficient (Wildman–Crippen LogP) is 3.37. The lowest BCUT2D eigenvalue weighted by Gasteiger charge is -2.25. The van der Waals surface area contributed by atoms with Crippen LogP contribution >= 0.6 is 7.60 Å². The van der Waals surface area contributed by atoms with Gasteiger partial charge in [-0.1, -0.05) is 13.8 Å². The van der Waals surface area contributed by atoms with Crippen molar-refractivity contribution in [1.29, 1.82) is 0 Å². The average molecular weight is 265 g/mol. The van der Waals surface area contributed by atoms with E-state index in [0.717, 1.165) is 19.6 Å². The third-order valence-corrected chi connectivity index (χ3v) is 4.56. The predicted molar refractivity (Wildman–Crippen MR) is 72.7 cm³/mol. The molecular weight excluding hydrogens is 237 g/mol. The molecule has 0 aliphatic carbocycles. The molecule has 0 aliphatic rings. The Bertz CT molecular complexity index is 226. The highest BCUT2D eigenvalue weighted by atomic mass is 31.2. The van der Waals surface area contributed by atoms with Crippen molar-refractivity contribution in [2.75, 3.05) is 25.8 Å². The Morgan fingerprint density at radius 3 is 1.71 bits per heavy atom. The van der Waals surface area contributed by atoms with Crippen molar-refractivity contribution in [3.8, 4) is 0 Å². The van der Waals surface area contributed by atoms with Gasteiger partial charge in [0.25, 0.3) is 0 Å². The van der Waals surface area contributed by atoms with Gasteiger partial charge in [-0.25, -0.2) is 0 Å². The summed E-state index contributed by atoms with van der Waals surface area (Å²) < 4.78 is 23.5. The monoisotopic (exact) mass is 265 g/mol. The van der Waals surface area contributed by atoms with E-state index in [9.17, 15) is 4.57 Å². The SMILES string of the molecule is CCN(CC)CCP(=O)(OC(C)C)OC(C)C. The molecule has 0 N–H and O–H groups in total. The first-order valence-electron chi connectivity index (χ1n) is 6.51. The summed E-state index contributed by atoms with van der Waals surface area (Å²) in [4.78, 5) is 2.22. The number of hydrogen-bond acceptors (Lipinski definition) is 4. The highest BCUT2D eigenvalue weighted by Crippen LogP contribution is 2.50. The summed E-state index contributed by atoms with van der Waals surface area (Å²) in [6.45, 7) is 14.4. The van der Waals surface area contributed by atoms with Gasteiger partial charge in [-0.05, 0) is 40.8 Å². The molecule has 0 aliphatic heterocycles. The van der Waals surface area contributed by atoms with Gasteiger partial charge < -0.3 is 13.9 Å². The molecule has 0 aromatic heterocycles. The second-order valence-electron chi connectivity index (χ2n) is 4.67. The highest BCUT2D eigenvalue weighted by Gasteiger charge is 2.27. The van der Waals surface area contributed by atoms with Gasteiger partial charge in [0.2, 0.25) is 0 Å². The van der Waals surface area contributed by atoms with Crippen LogP contribution in [0.25, 0.3) is 0 Å². The van der Waals surface area contributed by atoms with Crippen LogP contribution in [0.2, 0.25) is 0 Å². The lowest BCUT2D eigenvalue weighted by Crippen LogP contribution is -2.27. The quantitative estimate of drug-likeness (QED) is 0.599. The van der Waals surface area contributed by atoms with E-state index in [2.05, 4.69) is 18.7 Å². The number of rotatable bonds is 9. The molecule has 0 aromatic rings. The van der Waals surface area contributed by atoms with Crippen LogP contribution in [-0.2, 0) is 13.6 Å². The van der Waals surface area contributed by atoms with Crippen molar-refractivity contribution < 1.29 is 13.6 Å². The molecule has 0 atom stereocenters. The summed E-state index contributed by atoms with van der Waals surface area (Å²) in [5.41, 5.74) is 0. The Labute approximate surface area is 106 Å². The molecule has 0 saturated heterocycles. The van der Waals surface area contributed by atoms with Crippen molar-refractivity contribution in [3.05, 3.63) is 0 Å². The summed E-state index contributed by atoms with van der Waals surface area (Å²) in [6.07, 6.45) is 0.318. The molecule has 0 radical (unpaired) electrons. The summed E-state index contributed by atoms with van der Waals surface area (Å²) in [5, 5.41) is 0. The van der Waals surface area contributed by atoms with Crippen LogP contribution in [0.3, 0.4) is 0 Å². The minimum Gasteiger partial charge on any atom is -0.306 e. The molecule has 0 rings (SSSR count). The summed E-state index contributed by atoms with van der Waals surface area (Å²) in [5.74, 6) is 0. The Kier molecular flexibility index (Phi) is 8.31. The van der Waals surface area contributed by atoms with Crippen molar-refractivity contribution >= 4 is 7.60 Å². The molecule has 5 heteroatoms. The van der Waals surface area contributed by atoms with E-state index in [-0.39, 0.29) is 12.2 Å². The van der Waals surface area contributed by atoms with Crippen LogP contribution in [-0.4, -0.2) is 42.9 Å². The minimum absolute atomic E-state index is 0.0729. The Morgan fingerprint density at radius 2 is 1.41 bits per heavy atom. The lowest BCUT2D eigenvalue weighted by atomic mass is 10.5. The molecule has 0 bridgehead atoms. The minimum atomic E-state index is -2.95. The van der Waals surface area contributed by atoms with Crippen LogP contribution < -0.4 is 0 Å². The average Bonchev–Trinajstić information content (AvgIpc) is 2.16. The third kappa shape index (κ3) is 7.93. The van der Waals surface area contributed by atoms with E-state index >= 15 is 0 Å². The smallest absolute Gasteiger partial charge is 0.306 e. The first-order valence-corrected chi connectivity index (χ1v) is 8.24. The molecule has 0 saturated carbocycles. The maximum absolute atomic E-state index is 12.5. The molecule has 17 heavy (non-hydrogen) atoms. The topological polar surface area (TPSA) is 38.8 Å². The highest BCUT2D eigenvalue weighted by molar-refractivity contribution is 7.53. The molecule has 0 heterocycles. The van der Waals surface area contributed by atoms with Gasteiger partial charge in [-0.15, -0.1) is 0 Å². The number of nitrogens with zero attached hydrogens (tertiary/aromatic N) is 1. The zero-order valence-electron chi connectivity index (χ0n) is 12.1. The first kappa shape index (κ1) is 17.1. The van der Waals surface area contributed by atoms with Crippen LogP contribution in [0.4, 0.5) is 0 Å². The summed E-state index contributed by atoms with van der Waals surface area (Å²) in [7, 11) is -2.95. The van der Waals surface area contributed by atoms with Crippen LogP contribution in [0, 0.1) is 0 Å². The Morgan fingerprint density at radius 1 is 1.00 bits per heavy atom. The lowest BCUT2D eigenvalue weighted by molar-refractivity contribution is 0.140. The van der Waals surface area contributed by atoms with Crippen molar-refractivity contribution in [2.24, 2.45) is 0 Å². The van der Waals surface area contributed by atoms with Gasteiger partial charge in [-0.3, -0.25) is 4.57 Å². The fraction of sp³-hybridized carbons (Fsp3) is 1.00. The van der Waals surface area contributed by atoms with E-state index in [1.165, 1.54) is 0 Å². The van der Waals surface area contributed by atoms with Gasteiger partial charge in [0.05, 0.1) is 18.4 Å². The van der Waals surface area contributed by atoms with Crippen molar-refractivity contribution in [1.82, 2.24) is 4.90 Å². The summed E-state index contributed by atoms with van der Waals surface area (Å²) in [6, 6.07) is 0. The standard InChI is InChI=1S/C12H28NO3P/c1-7-13(8-2)9-10-17(14,15-11(3)4)16-12(5)6/h11-12H,7-10H2,1-6H3.